The van der Waals surface area contributed by atoms with Crippen LogP contribution in [0.4, 0.5) is 0 Å². The van der Waals surface area contributed by atoms with Gasteiger partial charge >= 0.3 is 0 Å². The predicted molar refractivity (Wildman–Crippen MR) is 91.7 cm³/mol. The van der Waals surface area contributed by atoms with E-state index in [0.717, 1.165) is 29.6 Å². The number of aryl methyl sites for hydroxylation is 1. The normalized spacial score (nSPS) is 38.5. The van der Waals surface area contributed by atoms with E-state index in [4.69, 9.17) is 8.92 Å². The second-order valence-electron chi connectivity index (χ2n) is 7.52. The Morgan fingerprint density at radius 2 is 1.96 bits per heavy atom. The van der Waals surface area contributed by atoms with Crippen LogP contribution in [0.2, 0.25) is 0 Å². The number of methoxy groups -OCH3 is 1. The molecule has 0 bridgehead atoms. The molecule has 0 amide bonds. The fraction of sp³-hybridized carbons (Fsp3) is 0.667. The van der Waals surface area contributed by atoms with Gasteiger partial charge in [-0.15, -0.1) is 0 Å². The van der Waals surface area contributed by atoms with Gasteiger partial charge in [-0.05, 0) is 47.9 Å². The maximum atomic E-state index is 11.8. The second kappa shape index (κ2) is 5.44. The van der Waals surface area contributed by atoms with E-state index in [0.29, 0.717) is 6.42 Å². The zero-order valence-corrected chi connectivity index (χ0v) is 15.7. The molecule has 3 rings (SSSR count). The molecule has 2 aliphatic rings. The van der Waals surface area contributed by atoms with Crippen molar-refractivity contribution in [1.82, 2.24) is 0 Å². The van der Waals surface area contributed by atoms with E-state index < -0.39 is 27.2 Å². The minimum Gasteiger partial charge on any atom is -0.497 e. The van der Waals surface area contributed by atoms with Gasteiger partial charge in [0.25, 0.3) is 10.1 Å². The van der Waals surface area contributed by atoms with E-state index in [1.807, 2.05) is 39.0 Å². The van der Waals surface area contributed by atoms with E-state index in [2.05, 4.69) is 0 Å². The Morgan fingerprint density at radius 3 is 2.54 bits per heavy atom. The topological polar surface area (TPSA) is 72.8 Å². The average molecular weight is 354 g/mol. The average Bonchev–Trinajstić information content (AvgIpc) is 2.66. The molecule has 0 heterocycles. The molecule has 1 aromatic rings. The van der Waals surface area contributed by atoms with Gasteiger partial charge in [-0.25, -0.2) is 0 Å². The van der Waals surface area contributed by atoms with Crippen LogP contribution in [0.15, 0.2) is 18.2 Å². The van der Waals surface area contributed by atoms with Gasteiger partial charge in [0.05, 0.1) is 25.1 Å². The SMILES string of the molecule is COc1ccc2c(c1)CC[C@]1(O)[C@H](C)[C@H](C)[C@H](OS(C)(=O)=O)[C@]21C. The Balaban J connectivity index is 2.20. The Morgan fingerprint density at radius 1 is 1.29 bits per heavy atom. The van der Waals surface area contributed by atoms with Gasteiger partial charge in [-0.2, -0.15) is 8.42 Å². The molecule has 24 heavy (non-hydrogen) atoms. The van der Waals surface area contributed by atoms with Crippen molar-refractivity contribution in [2.24, 2.45) is 11.8 Å². The molecule has 1 aromatic carbocycles. The highest BCUT2D eigenvalue weighted by atomic mass is 32.2. The molecule has 1 N–H and O–H groups in total. The third kappa shape index (κ3) is 2.30. The van der Waals surface area contributed by atoms with Crippen molar-refractivity contribution in [3.8, 4) is 5.75 Å². The molecule has 0 radical (unpaired) electrons. The van der Waals surface area contributed by atoms with Gasteiger partial charge in [0, 0.05) is 5.41 Å². The van der Waals surface area contributed by atoms with Crippen LogP contribution in [-0.4, -0.2) is 38.6 Å². The zero-order chi connectivity index (χ0) is 17.9. The van der Waals surface area contributed by atoms with Crippen molar-refractivity contribution in [2.75, 3.05) is 13.4 Å². The summed E-state index contributed by atoms with van der Waals surface area (Å²) in [6.45, 7) is 5.89. The molecule has 5 nitrogen and oxygen atoms in total. The molecular weight excluding hydrogens is 328 g/mol. The first-order valence-corrected chi connectivity index (χ1v) is 10.1. The fourth-order valence-corrected chi connectivity index (χ4v) is 5.67. The van der Waals surface area contributed by atoms with Gasteiger partial charge in [0.1, 0.15) is 5.75 Å². The molecule has 0 aromatic heterocycles. The molecule has 1 fully saturated rings. The number of fused-ring (bicyclic) bond motifs is 3. The number of hydrogen-bond acceptors (Lipinski definition) is 5. The first-order chi connectivity index (χ1) is 11.0. The van der Waals surface area contributed by atoms with E-state index in [1.165, 1.54) is 0 Å². The highest BCUT2D eigenvalue weighted by molar-refractivity contribution is 7.86. The van der Waals surface area contributed by atoms with E-state index in [1.54, 1.807) is 7.11 Å². The third-order valence-corrected chi connectivity index (χ3v) is 6.97. The zero-order valence-electron chi connectivity index (χ0n) is 14.9. The lowest BCUT2D eigenvalue weighted by Crippen LogP contribution is -2.56. The van der Waals surface area contributed by atoms with Crippen LogP contribution in [0.3, 0.4) is 0 Å². The lowest BCUT2D eigenvalue weighted by Gasteiger charge is -2.48. The fourth-order valence-electron chi connectivity index (χ4n) is 4.92. The van der Waals surface area contributed by atoms with Gasteiger partial charge < -0.3 is 9.84 Å². The molecule has 1 saturated carbocycles. The number of benzene rings is 1. The summed E-state index contributed by atoms with van der Waals surface area (Å²) in [5, 5.41) is 11.5. The summed E-state index contributed by atoms with van der Waals surface area (Å²) in [5.41, 5.74) is 0.268. The smallest absolute Gasteiger partial charge is 0.264 e. The summed E-state index contributed by atoms with van der Waals surface area (Å²) in [6, 6.07) is 5.79. The summed E-state index contributed by atoms with van der Waals surface area (Å²) in [6.07, 6.45) is 1.79. The largest absolute Gasteiger partial charge is 0.497 e. The molecular formula is C18H26O5S. The molecule has 0 unspecified atom stereocenters. The van der Waals surface area contributed by atoms with Crippen LogP contribution in [0.25, 0.3) is 0 Å². The Kier molecular flexibility index (Phi) is 4.02. The van der Waals surface area contributed by atoms with E-state index >= 15 is 0 Å². The maximum absolute atomic E-state index is 11.8. The molecule has 0 aliphatic heterocycles. The van der Waals surface area contributed by atoms with Crippen molar-refractivity contribution in [3.05, 3.63) is 29.3 Å². The summed E-state index contributed by atoms with van der Waals surface area (Å²) >= 11 is 0. The summed E-state index contributed by atoms with van der Waals surface area (Å²) in [4.78, 5) is 0. The van der Waals surface area contributed by atoms with E-state index in [-0.39, 0.29) is 11.8 Å². The molecule has 0 saturated heterocycles. The highest BCUT2D eigenvalue weighted by Crippen LogP contribution is 2.60. The van der Waals surface area contributed by atoms with Crippen LogP contribution < -0.4 is 4.74 Å². The number of aliphatic hydroxyl groups is 1. The lowest BCUT2D eigenvalue weighted by molar-refractivity contribution is -0.0723. The summed E-state index contributed by atoms with van der Waals surface area (Å²) in [7, 11) is -2.01. The molecule has 6 heteroatoms. The van der Waals surface area contributed by atoms with Crippen molar-refractivity contribution in [2.45, 2.75) is 50.7 Å². The Labute approximate surface area is 144 Å². The monoisotopic (exact) mass is 354 g/mol. The number of ether oxygens (including phenoxy) is 1. The minimum absolute atomic E-state index is 0.0653. The van der Waals surface area contributed by atoms with Crippen LogP contribution >= 0.6 is 0 Å². The number of rotatable bonds is 3. The van der Waals surface area contributed by atoms with Crippen LogP contribution in [-0.2, 0) is 26.1 Å². The molecule has 2 aliphatic carbocycles. The van der Waals surface area contributed by atoms with Crippen LogP contribution in [0.1, 0.15) is 38.3 Å². The van der Waals surface area contributed by atoms with E-state index in [9.17, 15) is 13.5 Å². The predicted octanol–water partition coefficient (Wildman–Crippen LogP) is 2.26. The first kappa shape index (κ1) is 17.7. The van der Waals surface area contributed by atoms with Crippen LogP contribution in [0, 0.1) is 11.8 Å². The maximum Gasteiger partial charge on any atom is 0.264 e. The first-order valence-electron chi connectivity index (χ1n) is 8.32. The highest BCUT2D eigenvalue weighted by Gasteiger charge is 2.67. The summed E-state index contributed by atoms with van der Waals surface area (Å²) < 4.78 is 34.5. The minimum atomic E-state index is -3.63. The van der Waals surface area contributed by atoms with Gasteiger partial charge in [0.15, 0.2) is 0 Å². The lowest BCUT2D eigenvalue weighted by atomic mass is 9.61. The molecule has 5 atom stereocenters. The van der Waals surface area contributed by atoms with Gasteiger partial charge in [-0.1, -0.05) is 26.8 Å². The number of hydrogen-bond donors (Lipinski definition) is 1. The van der Waals surface area contributed by atoms with Crippen molar-refractivity contribution >= 4 is 10.1 Å². The van der Waals surface area contributed by atoms with Crippen molar-refractivity contribution in [3.63, 3.8) is 0 Å². The van der Waals surface area contributed by atoms with Crippen molar-refractivity contribution in [1.29, 1.82) is 0 Å². The molecule has 0 spiro atoms. The second-order valence-corrected chi connectivity index (χ2v) is 9.12. The van der Waals surface area contributed by atoms with Gasteiger partial charge in [0.2, 0.25) is 0 Å². The van der Waals surface area contributed by atoms with Gasteiger partial charge in [-0.3, -0.25) is 4.18 Å². The molecule has 134 valence electrons. The third-order valence-electron chi connectivity index (χ3n) is 6.41. The quantitative estimate of drug-likeness (QED) is 0.843. The van der Waals surface area contributed by atoms with Crippen molar-refractivity contribution < 1.29 is 22.4 Å². The van der Waals surface area contributed by atoms with Crippen LogP contribution in [0.5, 0.6) is 5.75 Å². The standard InChI is InChI=1S/C18H26O5S/c1-11-12(2)18(19)9-8-13-10-14(22-4)6-7-15(13)17(18,3)16(11)23-24(5,20)21/h6-7,10-12,16,19H,8-9H2,1-5H3/t11-,12+,16-,17-,18-/m0/s1. The Bertz CT molecular complexity index is 759. The Hall–Kier alpha value is -1.11. The summed E-state index contributed by atoms with van der Waals surface area (Å²) in [5.74, 6) is 0.620.